The topological polar surface area (TPSA) is 56.2 Å². The third-order valence-corrected chi connectivity index (χ3v) is 3.78. The molecule has 1 aromatic carbocycles. The Bertz CT molecular complexity index is 817. The van der Waals surface area contributed by atoms with Crippen LogP contribution in [0.2, 0.25) is 0 Å². The number of hydrogen-bond acceptors (Lipinski definition) is 3. The largest absolute Gasteiger partial charge is 0.435 e. The molecule has 0 bridgehead atoms. The van der Waals surface area contributed by atoms with Crippen LogP contribution in [0.4, 0.5) is 27.6 Å². The maximum Gasteiger partial charge on any atom is 0.435 e. The second-order valence-electron chi connectivity index (χ2n) is 6.12. The number of amides is 1. The molecular weight excluding hydrogens is 373 g/mol. The highest BCUT2D eigenvalue weighted by molar-refractivity contribution is 5.93. The summed E-state index contributed by atoms with van der Waals surface area (Å²) in [6.45, 7) is 1.44. The first-order valence-corrected chi connectivity index (χ1v) is 7.95. The van der Waals surface area contributed by atoms with Crippen molar-refractivity contribution in [1.82, 2.24) is 9.78 Å². The molecule has 0 saturated carbocycles. The van der Waals surface area contributed by atoms with Gasteiger partial charge in [0.1, 0.15) is 5.75 Å². The quantitative estimate of drug-likeness (QED) is 0.743. The highest BCUT2D eigenvalue weighted by Gasteiger charge is 2.34. The number of nitrogens with one attached hydrogen (secondary N) is 1. The van der Waals surface area contributed by atoms with Gasteiger partial charge < -0.3 is 10.1 Å². The van der Waals surface area contributed by atoms with E-state index in [2.05, 4.69) is 15.2 Å². The number of aryl methyl sites for hydroxylation is 2. The van der Waals surface area contributed by atoms with Crippen molar-refractivity contribution in [2.45, 2.75) is 40.1 Å². The van der Waals surface area contributed by atoms with Crippen LogP contribution >= 0.6 is 0 Å². The Morgan fingerprint density at radius 1 is 1.26 bits per heavy atom. The van der Waals surface area contributed by atoms with Crippen LogP contribution in [-0.4, -0.2) is 22.3 Å². The molecule has 0 saturated heterocycles. The summed E-state index contributed by atoms with van der Waals surface area (Å²) in [6, 6.07) is 5.25. The molecule has 0 spiro atoms. The van der Waals surface area contributed by atoms with Gasteiger partial charge in [0.2, 0.25) is 5.91 Å². The number of halogens is 5. The lowest BCUT2D eigenvalue weighted by atomic mass is 10.1. The summed E-state index contributed by atoms with van der Waals surface area (Å²) in [4.78, 5) is 12.3. The molecule has 1 amide bonds. The first kappa shape index (κ1) is 20.7. The number of benzene rings is 1. The van der Waals surface area contributed by atoms with E-state index in [-0.39, 0.29) is 23.7 Å². The minimum Gasteiger partial charge on any atom is -0.433 e. The molecule has 148 valence electrons. The van der Waals surface area contributed by atoms with Crippen molar-refractivity contribution in [3.8, 4) is 5.75 Å². The summed E-state index contributed by atoms with van der Waals surface area (Å²) in [5, 5.41) is 5.93. The molecule has 0 aliphatic rings. The van der Waals surface area contributed by atoms with Gasteiger partial charge in [-0.15, -0.1) is 0 Å². The van der Waals surface area contributed by atoms with Crippen molar-refractivity contribution in [1.29, 1.82) is 0 Å². The average Bonchev–Trinajstić information content (AvgIpc) is 2.90. The zero-order valence-electron chi connectivity index (χ0n) is 14.8. The molecule has 0 radical (unpaired) electrons. The van der Waals surface area contributed by atoms with E-state index < -0.39 is 30.3 Å². The van der Waals surface area contributed by atoms with Gasteiger partial charge in [-0.2, -0.15) is 27.1 Å². The summed E-state index contributed by atoms with van der Waals surface area (Å²) in [6.07, 6.45) is -4.58. The number of hydrogen-bond donors (Lipinski definition) is 1. The molecule has 1 N–H and O–H groups in total. The first-order valence-electron chi connectivity index (χ1n) is 7.95. The highest BCUT2D eigenvalue weighted by atomic mass is 19.4. The maximum atomic E-state index is 12.7. The molecule has 2 aromatic rings. The van der Waals surface area contributed by atoms with Gasteiger partial charge in [-0.25, -0.2) is 0 Å². The molecule has 2 rings (SSSR count). The lowest BCUT2D eigenvalue weighted by Gasteiger charge is -2.16. The van der Waals surface area contributed by atoms with Crippen molar-refractivity contribution < 1.29 is 31.5 Å². The van der Waals surface area contributed by atoms with E-state index in [1.165, 1.54) is 26.0 Å². The molecule has 10 heteroatoms. The summed E-state index contributed by atoms with van der Waals surface area (Å²) < 4.78 is 68.7. The monoisotopic (exact) mass is 391 g/mol. The molecule has 1 aromatic heterocycles. The fourth-order valence-corrected chi connectivity index (χ4v) is 2.36. The third kappa shape index (κ3) is 5.41. The molecule has 1 heterocycles. The second-order valence-corrected chi connectivity index (χ2v) is 6.12. The fraction of sp³-hybridized carbons (Fsp3) is 0.412. The molecule has 0 fully saturated rings. The third-order valence-electron chi connectivity index (χ3n) is 3.78. The van der Waals surface area contributed by atoms with Crippen molar-refractivity contribution >= 4 is 11.6 Å². The number of carbonyl (C=O) groups is 1. The van der Waals surface area contributed by atoms with Crippen molar-refractivity contribution in [2.75, 3.05) is 5.32 Å². The molecule has 5 nitrogen and oxygen atoms in total. The van der Waals surface area contributed by atoms with Crippen LogP contribution in [0.15, 0.2) is 24.3 Å². The smallest absolute Gasteiger partial charge is 0.433 e. The van der Waals surface area contributed by atoms with E-state index >= 15 is 0 Å². The normalized spacial score (nSPS) is 12.9. The summed E-state index contributed by atoms with van der Waals surface area (Å²) >= 11 is 0. The van der Waals surface area contributed by atoms with Gasteiger partial charge in [0.15, 0.2) is 5.69 Å². The molecule has 1 unspecified atom stereocenters. The van der Waals surface area contributed by atoms with E-state index in [1.807, 2.05) is 0 Å². The Morgan fingerprint density at radius 2 is 1.93 bits per heavy atom. The highest BCUT2D eigenvalue weighted by Crippen LogP contribution is 2.29. The van der Waals surface area contributed by atoms with Crippen LogP contribution in [-0.2, 0) is 17.5 Å². The predicted octanol–water partition coefficient (Wildman–Crippen LogP) is 4.39. The number of carbonyl (C=O) groups excluding carboxylic acids is 1. The van der Waals surface area contributed by atoms with Gasteiger partial charge in [-0.1, -0.05) is 13.0 Å². The minimum absolute atomic E-state index is 0.0471. The number of anilines is 1. The zero-order valence-corrected chi connectivity index (χ0v) is 14.8. The summed E-state index contributed by atoms with van der Waals surface area (Å²) in [7, 11) is 0. The number of rotatable bonds is 6. The van der Waals surface area contributed by atoms with Crippen LogP contribution in [0.25, 0.3) is 0 Å². The predicted molar refractivity (Wildman–Crippen MR) is 87.6 cm³/mol. The number of alkyl halides is 5. The van der Waals surface area contributed by atoms with Gasteiger partial charge in [0.25, 0.3) is 0 Å². The Morgan fingerprint density at radius 3 is 2.48 bits per heavy atom. The average molecular weight is 391 g/mol. The fourth-order valence-electron chi connectivity index (χ4n) is 2.36. The maximum absolute atomic E-state index is 12.7. The second kappa shape index (κ2) is 7.93. The van der Waals surface area contributed by atoms with Crippen molar-refractivity contribution in [3.05, 3.63) is 41.2 Å². The van der Waals surface area contributed by atoms with E-state index in [0.29, 0.717) is 5.56 Å². The molecule has 27 heavy (non-hydrogen) atoms. The zero-order chi connectivity index (χ0) is 20.4. The van der Waals surface area contributed by atoms with Crippen LogP contribution < -0.4 is 10.1 Å². The van der Waals surface area contributed by atoms with Gasteiger partial charge in [0, 0.05) is 5.69 Å². The molecular formula is C17H18F5N3O2. The Balaban J connectivity index is 2.12. The number of ether oxygens (including phenoxy) is 1. The van der Waals surface area contributed by atoms with Gasteiger partial charge in [-0.05, 0) is 37.6 Å². The lowest BCUT2D eigenvalue weighted by Crippen LogP contribution is -2.26. The van der Waals surface area contributed by atoms with Crippen molar-refractivity contribution in [3.63, 3.8) is 0 Å². The molecule has 1 atom stereocenters. The number of nitrogens with zero attached hydrogens (tertiary/aromatic N) is 2. The summed E-state index contributed by atoms with van der Waals surface area (Å²) in [5.74, 6) is -1.54. The molecule has 0 aliphatic carbocycles. The van der Waals surface area contributed by atoms with Crippen molar-refractivity contribution in [2.24, 2.45) is 5.92 Å². The summed E-state index contributed by atoms with van der Waals surface area (Å²) in [5.41, 5.74) is -0.0905. The van der Waals surface area contributed by atoms with E-state index in [0.717, 1.165) is 10.7 Å². The Labute approximate surface area is 152 Å². The minimum atomic E-state index is -4.58. The standard InChI is InChI=1S/C17H18F5N3O2/c1-9-4-5-12(13(6-9)27-16(18)19)23-15(26)10(2)8-25-11(3)7-14(24-25)17(20,21)22/h4-7,10,16H,8H2,1-3H3,(H,23,26). The van der Waals surface area contributed by atoms with Crippen LogP contribution in [0.5, 0.6) is 5.75 Å². The van der Waals surface area contributed by atoms with Crippen LogP contribution in [0.1, 0.15) is 23.9 Å². The van der Waals surface area contributed by atoms with E-state index in [9.17, 15) is 26.7 Å². The van der Waals surface area contributed by atoms with E-state index in [1.54, 1.807) is 13.0 Å². The van der Waals surface area contributed by atoms with Crippen LogP contribution in [0, 0.1) is 19.8 Å². The van der Waals surface area contributed by atoms with E-state index in [4.69, 9.17) is 0 Å². The van der Waals surface area contributed by atoms with Gasteiger partial charge in [-0.3, -0.25) is 9.48 Å². The SMILES string of the molecule is Cc1ccc(NC(=O)C(C)Cn2nc(C(F)(F)F)cc2C)c(OC(F)F)c1. The first-order chi connectivity index (χ1) is 12.5. The van der Waals surface area contributed by atoms with Gasteiger partial charge >= 0.3 is 12.8 Å². The Hall–Kier alpha value is -2.65. The molecule has 0 aliphatic heterocycles. The Kier molecular flexibility index (Phi) is 6.07. The van der Waals surface area contributed by atoms with Gasteiger partial charge in [0.05, 0.1) is 18.2 Å². The number of aromatic nitrogens is 2. The lowest BCUT2D eigenvalue weighted by molar-refractivity contribution is -0.141. The van der Waals surface area contributed by atoms with Crippen LogP contribution in [0.3, 0.4) is 0 Å².